The number of benzene rings is 1. The Labute approximate surface area is 103 Å². The molecule has 0 saturated heterocycles. The number of halogens is 2. The Kier molecular flexibility index (Phi) is 3.53. The lowest BCUT2D eigenvalue weighted by Crippen LogP contribution is -2.14. The number of hydrogen-bond acceptors (Lipinski definition) is 3. The number of pyridine rings is 1. The van der Waals surface area contributed by atoms with Crippen LogP contribution in [0.25, 0.3) is 0 Å². The highest BCUT2D eigenvalue weighted by molar-refractivity contribution is 5.36. The minimum atomic E-state index is -0.742. The molecular weight excluding hydrogens is 238 g/mol. The number of rotatable bonds is 3. The molecule has 0 saturated carbocycles. The first kappa shape index (κ1) is 12.4. The van der Waals surface area contributed by atoms with Crippen LogP contribution in [-0.2, 0) is 0 Å². The van der Waals surface area contributed by atoms with Crippen LogP contribution >= 0.6 is 0 Å². The maximum atomic E-state index is 13.5. The van der Waals surface area contributed by atoms with Gasteiger partial charge in [0.25, 0.3) is 0 Å². The molecule has 18 heavy (non-hydrogen) atoms. The first-order valence-electron chi connectivity index (χ1n) is 5.32. The lowest BCUT2D eigenvalue weighted by atomic mass is 10.00. The highest BCUT2D eigenvalue weighted by Crippen LogP contribution is 2.25. The van der Waals surface area contributed by atoms with E-state index < -0.39 is 17.7 Å². The van der Waals surface area contributed by atoms with Crippen molar-refractivity contribution in [2.24, 2.45) is 5.73 Å². The third kappa shape index (κ3) is 2.31. The standard InChI is InChI=1S/C13H12F2N2O/c1-18-12-3-2-8(6-10(12)14)13(16)9-4-5-17-7-11(9)15/h2-7,13H,16H2,1H3. The highest BCUT2D eigenvalue weighted by Gasteiger charge is 2.15. The van der Waals surface area contributed by atoms with E-state index in [0.29, 0.717) is 5.56 Å². The maximum absolute atomic E-state index is 13.5. The molecule has 1 aromatic heterocycles. The molecule has 2 N–H and O–H groups in total. The molecule has 2 rings (SSSR count). The normalized spacial score (nSPS) is 12.2. The van der Waals surface area contributed by atoms with Gasteiger partial charge in [-0.15, -0.1) is 0 Å². The Morgan fingerprint density at radius 1 is 1.22 bits per heavy atom. The van der Waals surface area contributed by atoms with Gasteiger partial charge < -0.3 is 10.5 Å². The highest BCUT2D eigenvalue weighted by atomic mass is 19.1. The number of hydrogen-bond donors (Lipinski definition) is 1. The first-order valence-corrected chi connectivity index (χ1v) is 5.32. The summed E-state index contributed by atoms with van der Waals surface area (Å²) in [5, 5.41) is 0. The third-order valence-corrected chi connectivity index (χ3v) is 2.67. The summed E-state index contributed by atoms with van der Waals surface area (Å²) in [6, 6.07) is 5.04. The summed E-state index contributed by atoms with van der Waals surface area (Å²) in [6.45, 7) is 0. The molecule has 1 heterocycles. The van der Waals surface area contributed by atoms with Gasteiger partial charge in [-0.3, -0.25) is 4.98 Å². The molecule has 5 heteroatoms. The molecule has 0 bridgehead atoms. The van der Waals surface area contributed by atoms with E-state index in [1.54, 1.807) is 6.07 Å². The summed E-state index contributed by atoms with van der Waals surface area (Å²) >= 11 is 0. The van der Waals surface area contributed by atoms with Crippen molar-refractivity contribution >= 4 is 0 Å². The van der Waals surface area contributed by atoms with Crippen molar-refractivity contribution in [3.63, 3.8) is 0 Å². The van der Waals surface area contributed by atoms with Crippen LogP contribution in [0.1, 0.15) is 17.2 Å². The van der Waals surface area contributed by atoms with Gasteiger partial charge in [0.2, 0.25) is 0 Å². The molecule has 0 aliphatic heterocycles. The summed E-state index contributed by atoms with van der Waals surface area (Å²) in [7, 11) is 1.38. The predicted octanol–water partition coefficient (Wildman–Crippen LogP) is 2.42. The van der Waals surface area contributed by atoms with Gasteiger partial charge in [-0.2, -0.15) is 0 Å². The molecular formula is C13H12F2N2O. The second kappa shape index (κ2) is 5.10. The van der Waals surface area contributed by atoms with Crippen LogP contribution in [0.2, 0.25) is 0 Å². The Balaban J connectivity index is 2.37. The zero-order valence-electron chi connectivity index (χ0n) is 9.73. The lowest BCUT2D eigenvalue weighted by molar-refractivity contribution is 0.386. The van der Waals surface area contributed by atoms with E-state index >= 15 is 0 Å². The van der Waals surface area contributed by atoms with Crippen molar-refractivity contribution in [2.45, 2.75) is 6.04 Å². The average Bonchev–Trinajstić information content (AvgIpc) is 2.38. The Morgan fingerprint density at radius 2 is 2.00 bits per heavy atom. The van der Waals surface area contributed by atoms with Crippen molar-refractivity contribution < 1.29 is 13.5 Å². The van der Waals surface area contributed by atoms with Gasteiger partial charge in [-0.25, -0.2) is 8.78 Å². The van der Waals surface area contributed by atoms with Crippen LogP contribution in [0.5, 0.6) is 5.75 Å². The van der Waals surface area contributed by atoms with Gasteiger partial charge in [-0.1, -0.05) is 6.07 Å². The van der Waals surface area contributed by atoms with Gasteiger partial charge in [0.1, 0.15) is 5.82 Å². The van der Waals surface area contributed by atoms with Crippen molar-refractivity contribution in [1.82, 2.24) is 4.98 Å². The molecule has 3 nitrogen and oxygen atoms in total. The third-order valence-electron chi connectivity index (χ3n) is 2.67. The van der Waals surface area contributed by atoms with E-state index in [1.807, 2.05) is 0 Å². The smallest absolute Gasteiger partial charge is 0.165 e. The summed E-state index contributed by atoms with van der Waals surface area (Å²) in [5.74, 6) is -0.915. The average molecular weight is 250 g/mol. The predicted molar refractivity (Wildman–Crippen MR) is 63.2 cm³/mol. The van der Waals surface area contributed by atoms with Crippen LogP contribution in [0.15, 0.2) is 36.7 Å². The minimum absolute atomic E-state index is 0.126. The molecule has 0 spiro atoms. The Bertz CT molecular complexity index is 560. The summed E-state index contributed by atoms with van der Waals surface area (Å²) in [5.41, 5.74) is 6.65. The largest absolute Gasteiger partial charge is 0.494 e. The zero-order chi connectivity index (χ0) is 13.1. The molecule has 0 amide bonds. The van der Waals surface area contributed by atoms with E-state index in [2.05, 4.69) is 4.98 Å². The quantitative estimate of drug-likeness (QED) is 0.910. The van der Waals surface area contributed by atoms with E-state index in [0.717, 1.165) is 6.20 Å². The summed E-state index contributed by atoms with van der Waals surface area (Å²) in [4.78, 5) is 3.64. The van der Waals surface area contributed by atoms with Crippen molar-refractivity contribution in [1.29, 1.82) is 0 Å². The van der Waals surface area contributed by atoms with Crippen molar-refractivity contribution in [3.05, 3.63) is 59.4 Å². The van der Waals surface area contributed by atoms with Crippen LogP contribution in [0.4, 0.5) is 8.78 Å². The molecule has 1 unspecified atom stereocenters. The molecule has 0 aliphatic carbocycles. The molecule has 1 aromatic carbocycles. The van der Waals surface area contributed by atoms with E-state index in [-0.39, 0.29) is 11.3 Å². The molecule has 94 valence electrons. The fourth-order valence-corrected chi connectivity index (χ4v) is 1.69. The van der Waals surface area contributed by atoms with Crippen LogP contribution in [0, 0.1) is 11.6 Å². The summed E-state index contributed by atoms with van der Waals surface area (Å²) in [6.07, 6.45) is 2.52. The van der Waals surface area contributed by atoms with E-state index in [9.17, 15) is 8.78 Å². The molecule has 0 radical (unpaired) electrons. The molecule has 1 atom stereocenters. The van der Waals surface area contributed by atoms with Gasteiger partial charge in [0.15, 0.2) is 11.6 Å². The van der Waals surface area contributed by atoms with Crippen molar-refractivity contribution in [2.75, 3.05) is 7.11 Å². The number of nitrogens with zero attached hydrogens (tertiary/aromatic N) is 1. The van der Waals surface area contributed by atoms with Gasteiger partial charge in [0, 0.05) is 11.8 Å². The fraction of sp³-hybridized carbons (Fsp3) is 0.154. The molecule has 0 aliphatic rings. The number of aromatic nitrogens is 1. The van der Waals surface area contributed by atoms with Crippen molar-refractivity contribution in [3.8, 4) is 5.75 Å². The maximum Gasteiger partial charge on any atom is 0.165 e. The Morgan fingerprint density at radius 3 is 2.61 bits per heavy atom. The SMILES string of the molecule is COc1ccc(C(N)c2ccncc2F)cc1F. The van der Waals surface area contributed by atoms with Crippen LogP contribution < -0.4 is 10.5 Å². The Hall–Kier alpha value is -2.01. The van der Waals surface area contributed by atoms with Crippen LogP contribution in [0.3, 0.4) is 0 Å². The number of ether oxygens (including phenoxy) is 1. The second-order valence-electron chi connectivity index (χ2n) is 3.77. The second-order valence-corrected chi connectivity index (χ2v) is 3.77. The number of nitrogens with two attached hydrogens (primary N) is 1. The minimum Gasteiger partial charge on any atom is -0.494 e. The van der Waals surface area contributed by atoms with Gasteiger partial charge in [-0.05, 0) is 23.8 Å². The topological polar surface area (TPSA) is 48.1 Å². The zero-order valence-corrected chi connectivity index (χ0v) is 9.73. The lowest BCUT2D eigenvalue weighted by Gasteiger charge is -2.14. The van der Waals surface area contributed by atoms with Crippen LogP contribution in [-0.4, -0.2) is 12.1 Å². The van der Waals surface area contributed by atoms with E-state index in [4.69, 9.17) is 10.5 Å². The van der Waals surface area contributed by atoms with E-state index in [1.165, 1.54) is 31.5 Å². The van der Waals surface area contributed by atoms with Gasteiger partial charge >= 0.3 is 0 Å². The first-order chi connectivity index (χ1) is 8.63. The number of methoxy groups -OCH3 is 1. The molecule has 2 aromatic rings. The monoisotopic (exact) mass is 250 g/mol. The molecule has 0 fully saturated rings. The summed E-state index contributed by atoms with van der Waals surface area (Å²) < 4.78 is 31.9. The van der Waals surface area contributed by atoms with Gasteiger partial charge in [0.05, 0.1) is 19.3 Å². The fourth-order valence-electron chi connectivity index (χ4n) is 1.69.